The Hall–Kier alpha value is -2.57. The zero-order valence-electron chi connectivity index (χ0n) is 16.0. The minimum Gasteiger partial charge on any atom is -0.301 e. The molecule has 7 heteroatoms. The lowest BCUT2D eigenvalue weighted by Gasteiger charge is -2.31. The number of ketones is 1. The van der Waals surface area contributed by atoms with Crippen molar-refractivity contribution >= 4 is 29.0 Å². The van der Waals surface area contributed by atoms with E-state index in [1.165, 1.54) is 16.8 Å². The van der Waals surface area contributed by atoms with Gasteiger partial charge in [-0.05, 0) is 56.3 Å². The predicted molar refractivity (Wildman–Crippen MR) is 113 cm³/mol. The lowest BCUT2D eigenvalue weighted by atomic mass is 9.89. The molecule has 2 heterocycles. The van der Waals surface area contributed by atoms with Crippen molar-refractivity contribution < 1.29 is 9.18 Å². The fourth-order valence-electron chi connectivity index (χ4n) is 3.79. The summed E-state index contributed by atoms with van der Waals surface area (Å²) in [4.78, 5) is 27.4. The third-order valence-corrected chi connectivity index (χ3v) is 5.48. The van der Waals surface area contributed by atoms with E-state index in [4.69, 9.17) is 0 Å². The van der Waals surface area contributed by atoms with Gasteiger partial charge in [-0.3, -0.25) is 9.59 Å². The van der Waals surface area contributed by atoms with Crippen LogP contribution in [0.1, 0.15) is 23.2 Å². The Morgan fingerprint density at radius 1 is 1.03 bits per heavy atom. The Balaban J connectivity index is 0.00000240. The number of aromatic nitrogens is 2. The Morgan fingerprint density at radius 3 is 2.45 bits per heavy atom. The molecule has 0 amide bonds. The molecular formula is C22H23ClFN3O2. The molecule has 0 N–H and O–H groups in total. The molecule has 2 aromatic carbocycles. The van der Waals surface area contributed by atoms with Crippen LogP contribution in [-0.4, -0.2) is 40.1 Å². The van der Waals surface area contributed by atoms with Crippen LogP contribution in [0.5, 0.6) is 0 Å². The first-order valence-electron chi connectivity index (χ1n) is 9.59. The maximum Gasteiger partial charge on any atom is 0.274 e. The summed E-state index contributed by atoms with van der Waals surface area (Å²) in [6.07, 6.45) is 3.27. The maximum absolute atomic E-state index is 13.0. The predicted octanol–water partition coefficient (Wildman–Crippen LogP) is 3.55. The number of halogens is 2. The minimum absolute atomic E-state index is 0. The molecule has 5 nitrogen and oxygen atoms in total. The van der Waals surface area contributed by atoms with Gasteiger partial charge in [-0.2, -0.15) is 5.10 Å². The average Bonchev–Trinajstić information content (AvgIpc) is 2.74. The van der Waals surface area contributed by atoms with Crippen molar-refractivity contribution in [2.75, 3.05) is 19.6 Å². The van der Waals surface area contributed by atoms with Gasteiger partial charge in [-0.15, -0.1) is 12.4 Å². The number of hydrogen-bond acceptors (Lipinski definition) is 4. The zero-order valence-corrected chi connectivity index (χ0v) is 16.8. The summed E-state index contributed by atoms with van der Waals surface area (Å²) in [7, 11) is 0. The lowest BCUT2D eigenvalue weighted by Crippen LogP contribution is -2.39. The molecule has 0 bridgehead atoms. The van der Waals surface area contributed by atoms with Crippen LogP contribution < -0.4 is 5.56 Å². The van der Waals surface area contributed by atoms with Crippen LogP contribution in [0, 0.1) is 11.7 Å². The molecule has 3 aromatic rings. The summed E-state index contributed by atoms with van der Waals surface area (Å²) in [5.41, 5.74) is 0.506. The Labute approximate surface area is 174 Å². The normalized spacial score (nSPS) is 15.2. The highest BCUT2D eigenvalue weighted by Gasteiger charge is 2.25. The molecule has 1 aliphatic rings. The van der Waals surface area contributed by atoms with Crippen LogP contribution >= 0.6 is 12.4 Å². The van der Waals surface area contributed by atoms with E-state index < -0.39 is 0 Å². The molecular weight excluding hydrogens is 393 g/mol. The summed E-state index contributed by atoms with van der Waals surface area (Å²) in [5, 5.41) is 5.81. The molecule has 4 rings (SSSR count). The monoisotopic (exact) mass is 415 g/mol. The molecule has 0 radical (unpaired) electrons. The highest BCUT2D eigenvalue weighted by Crippen LogP contribution is 2.22. The number of benzene rings is 2. The molecule has 0 unspecified atom stereocenters. The van der Waals surface area contributed by atoms with Crippen LogP contribution in [0.3, 0.4) is 0 Å². The maximum atomic E-state index is 13.0. The van der Waals surface area contributed by atoms with Gasteiger partial charge in [0.05, 0.1) is 18.1 Å². The van der Waals surface area contributed by atoms with Crippen LogP contribution in [0.25, 0.3) is 10.8 Å². The highest BCUT2D eigenvalue weighted by molar-refractivity contribution is 5.97. The molecule has 152 valence electrons. The van der Waals surface area contributed by atoms with Crippen LogP contribution in [0.15, 0.2) is 59.5 Å². The SMILES string of the molecule is Cl.O=C(c1ccc(F)cc1)C1CCN(CCn2ncc3ccccc3c2=O)CC1. The average molecular weight is 416 g/mol. The summed E-state index contributed by atoms with van der Waals surface area (Å²) >= 11 is 0. The number of piperidine rings is 1. The number of carbonyl (C=O) groups excluding carboxylic acids is 1. The Bertz CT molecular complexity index is 1040. The lowest BCUT2D eigenvalue weighted by molar-refractivity contribution is 0.0836. The first kappa shape index (κ1) is 21.1. The quantitative estimate of drug-likeness (QED) is 0.598. The summed E-state index contributed by atoms with van der Waals surface area (Å²) in [5.74, 6) is -0.265. The number of nitrogens with zero attached hydrogens (tertiary/aromatic N) is 3. The minimum atomic E-state index is -0.330. The fraction of sp³-hybridized carbons (Fsp3) is 0.318. The van der Waals surface area contributed by atoms with Gasteiger partial charge in [0, 0.05) is 23.4 Å². The molecule has 29 heavy (non-hydrogen) atoms. The molecule has 1 aromatic heterocycles. The Morgan fingerprint density at radius 2 is 1.72 bits per heavy atom. The second kappa shape index (κ2) is 9.29. The highest BCUT2D eigenvalue weighted by atomic mass is 35.5. The number of carbonyl (C=O) groups is 1. The van der Waals surface area contributed by atoms with Gasteiger partial charge >= 0.3 is 0 Å². The molecule has 0 atom stereocenters. The van der Waals surface area contributed by atoms with Gasteiger partial charge in [0.2, 0.25) is 0 Å². The van der Waals surface area contributed by atoms with E-state index in [9.17, 15) is 14.0 Å². The zero-order chi connectivity index (χ0) is 19.5. The smallest absolute Gasteiger partial charge is 0.274 e. The van der Waals surface area contributed by atoms with Gasteiger partial charge in [0.15, 0.2) is 5.78 Å². The third-order valence-electron chi connectivity index (χ3n) is 5.48. The van der Waals surface area contributed by atoms with Gasteiger partial charge in [0.25, 0.3) is 5.56 Å². The molecule has 1 aliphatic heterocycles. The standard InChI is InChI=1S/C22H22FN3O2.ClH/c23-19-7-5-16(6-8-19)21(27)17-9-11-25(12-10-17)13-14-26-22(28)20-4-2-1-3-18(20)15-24-26;/h1-8,15,17H,9-14H2;1H. The van der Waals surface area contributed by atoms with Crippen LogP contribution in [0.2, 0.25) is 0 Å². The van der Waals surface area contributed by atoms with Crippen molar-refractivity contribution in [3.05, 3.63) is 76.5 Å². The summed E-state index contributed by atoms with van der Waals surface area (Å²) in [6, 6.07) is 13.2. The number of fused-ring (bicyclic) bond motifs is 1. The van der Waals surface area contributed by atoms with E-state index in [0.717, 1.165) is 37.9 Å². The number of likely N-dealkylation sites (tertiary alicyclic amines) is 1. The van der Waals surface area contributed by atoms with Crippen molar-refractivity contribution in [3.63, 3.8) is 0 Å². The second-order valence-corrected chi connectivity index (χ2v) is 7.25. The molecule has 1 saturated heterocycles. The van der Waals surface area contributed by atoms with Crippen LogP contribution in [0.4, 0.5) is 4.39 Å². The number of Topliss-reactive ketones (excluding diaryl/α,β-unsaturated/α-hetero) is 1. The van der Waals surface area contributed by atoms with Gasteiger partial charge in [0.1, 0.15) is 5.82 Å². The molecule has 0 spiro atoms. The van der Waals surface area contributed by atoms with Gasteiger partial charge in [-0.25, -0.2) is 9.07 Å². The van der Waals surface area contributed by atoms with E-state index in [1.54, 1.807) is 18.3 Å². The van der Waals surface area contributed by atoms with E-state index in [-0.39, 0.29) is 35.5 Å². The van der Waals surface area contributed by atoms with Crippen molar-refractivity contribution in [1.29, 1.82) is 0 Å². The van der Waals surface area contributed by atoms with Crippen molar-refractivity contribution in [1.82, 2.24) is 14.7 Å². The number of rotatable bonds is 5. The van der Waals surface area contributed by atoms with E-state index in [0.29, 0.717) is 17.5 Å². The molecule has 0 saturated carbocycles. The largest absolute Gasteiger partial charge is 0.301 e. The Kier molecular flexibility index (Phi) is 6.77. The van der Waals surface area contributed by atoms with E-state index >= 15 is 0 Å². The van der Waals surface area contributed by atoms with E-state index in [1.807, 2.05) is 24.3 Å². The summed E-state index contributed by atoms with van der Waals surface area (Å²) in [6.45, 7) is 2.86. The molecule has 1 fully saturated rings. The number of hydrogen-bond donors (Lipinski definition) is 0. The van der Waals surface area contributed by atoms with Crippen molar-refractivity contribution in [2.24, 2.45) is 5.92 Å². The van der Waals surface area contributed by atoms with Crippen LogP contribution in [-0.2, 0) is 6.54 Å². The second-order valence-electron chi connectivity index (χ2n) is 7.25. The topological polar surface area (TPSA) is 55.2 Å². The van der Waals surface area contributed by atoms with Crippen molar-refractivity contribution in [3.8, 4) is 0 Å². The summed E-state index contributed by atoms with van der Waals surface area (Å²) < 4.78 is 14.5. The fourth-order valence-corrected chi connectivity index (χ4v) is 3.79. The van der Waals surface area contributed by atoms with E-state index in [2.05, 4.69) is 10.00 Å². The first-order chi connectivity index (χ1) is 13.6. The third kappa shape index (κ3) is 4.71. The molecule has 0 aliphatic carbocycles. The van der Waals surface area contributed by atoms with Crippen molar-refractivity contribution in [2.45, 2.75) is 19.4 Å². The van der Waals surface area contributed by atoms with Gasteiger partial charge < -0.3 is 4.90 Å². The van der Waals surface area contributed by atoms with Gasteiger partial charge in [-0.1, -0.05) is 18.2 Å². The first-order valence-corrected chi connectivity index (χ1v) is 9.59.